The van der Waals surface area contributed by atoms with E-state index in [-0.39, 0.29) is 0 Å². The smallest absolute Gasteiger partial charge is 0.225 e. The third kappa shape index (κ3) is 1.76. The topological polar surface area (TPSA) is 44.8 Å². The van der Waals surface area contributed by atoms with E-state index in [1.54, 1.807) is 12.4 Å². The van der Waals surface area contributed by atoms with Crippen molar-refractivity contribution in [1.29, 1.82) is 0 Å². The Balaban J connectivity index is 1.78. The fourth-order valence-electron chi connectivity index (χ4n) is 2.95. The lowest BCUT2D eigenvalue weighted by molar-refractivity contribution is 0.703. The van der Waals surface area contributed by atoms with Crippen LogP contribution in [0.3, 0.4) is 0 Å². The van der Waals surface area contributed by atoms with Crippen LogP contribution in [0, 0.1) is 6.92 Å². The summed E-state index contributed by atoms with van der Waals surface area (Å²) in [5, 5.41) is 1.33. The molecule has 4 heteroatoms. The van der Waals surface area contributed by atoms with Crippen LogP contribution in [0.25, 0.3) is 10.9 Å². The molecule has 1 aromatic carbocycles. The van der Waals surface area contributed by atoms with Gasteiger partial charge in [0.25, 0.3) is 0 Å². The number of H-pyrrole nitrogens is 1. The van der Waals surface area contributed by atoms with Crippen molar-refractivity contribution in [2.24, 2.45) is 0 Å². The number of aromatic amines is 1. The van der Waals surface area contributed by atoms with Crippen molar-refractivity contribution in [2.45, 2.75) is 19.9 Å². The first-order valence-electron chi connectivity index (χ1n) is 6.93. The number of anilines is 1. The predicted molar refractivity (Wildman–Crippen MR) is 79.8 cm³/mol. The second kappa shape index (κ2) is 4.34. The van der Waals surface area contributed by atoms with Crippen LogP contribution in [0.4, 0.5) is 5.95 Å². The molecule has 1 aliphatic rings. The number of nitrogens with zero attached hydrogens (tertiary/aromatic N) is 3. The van der Waals surface area contributed by atoms with Gasteiger partial charge in [-0.05, 0) is 25.1 Å². The fraction of sp³-hybridized carbons (Fsp3) is 0.250. The SMILES string of the molecule is Cc1ccc2[nH]c3c(c2c1)CN(c1ncccn1)CC3. The Morgan fingerprint density at radius 3 is 2.90 bits per heavy atom. The van der Waals surface area contributed by atoms with Crippen LogP contribution in [-0.2, 0) is 13.0 Å². The van der Waals surface area contributed by atoms with Gasteiger partial charge in [-0.15, -0.1) is 0 Å². The Morgan fingerprint density at radius 2 is 2.05 bits per heavy atom. The Morgan fingerprint density at radius 1 is 1.20 bits per heavy atom. The van der Waals surface area contributed by atoms with Gasteiger partial charge in [0.05, 0.1) is 0 Å². The molecule has 20 heavy (non-hydrogen) atoms. The molecule has 0 bridgehead atoms. The Bertz CT molecular complexity index is 761. The first-order chi connectivity index (χ1) is 9.81. The lowest BCUT2D eigenvalue weighted by Gasteiger charge is -2.27. The lowest BCUT2D eigenvalue weighted by Crippen LogP contribution is -2.31. The van der Waals surface area contributed by atoms with E-state index in [1.807, 2.05) is 6.07 Å². The maximum Gasteiger partial charge on any atom is 0.225 e. The van der Waals surface area contributed by atoms with Gasteiger partial charge < -0.3 is 9.88 Å². The van der Waals surface area contributed by atoms with Gasteiger partial charge >= 0.3 is 0 Å². The molecule has 100 valence electrons. The molecular formula is C16H16N4. The monoisotopic (exact) mass is 264 g/mol. The van der Waals surface area contributed by atoms with Gasteiger partial charge in [0, 0.05) is 54.1 Å². The van der Waals surface area contributed by atoms with Crippen LogP contribution < -0.4 is 4.90 Å². The quantitative estimate of drug-likeness (QED) is 0.735. The van der Waals surface area contributed by atoms with Crippen molar-refractivity contribution in [3.63, 3.8) is 0 Å². The highest BCUT2D eigenvalue weighted by atomic mass is 15.2. The Hall–Kier alpha value is -2.36. The molecule has 1 N–H and O–H groups in total. The van der Waals surface area contributed by atoms with Crippen molar-refractivity contribution < 1.29 is 0 Å². The molecule has 0 amide bonds. The van der Waals surface area contributed by atoms with Gasteiger partial charge in [-0.3, -0.25) is 0 Å². The van der Waals surface area contributed by atoms with Crippen LogP contribution in [0.15, 0.2) is 36.7 Å². The van der Waals surface area contributed by atoms with E-state index in [1.165, 1.54) is 27.7 Å². The molecule has 0 saturated carbocycles. The summed E-state index contributed by atoms with van der Waals surface area (Å²) in [6.07, 6.45) is 4.62. The molecule has 1 aliphatic heterocycles. The minimum atomic E-state index is 0.820. The molecule has 4 nitrogen and oxygen atoms in total. The summed E-state index contributed by atoms with van der Waals surface area (Å²) in [4.78, 5) is 14.5. The number of nitrogens with one attached hydrogen (secondary N) is 1. The van der Waals surface area contributed by atoms with Gasteiger partial charge in [-0.1, -0.05) is 11.6 Å². The van der Waals surface area contributed by atoms with Crippen LogP contribution in [0.2, 0.25) is 0 Å². The average Bonchev–Trinajstić information content (AvgIpc) is 2.85. The zero-order valence-electron chi connectivity index (χ0n) is 11.4. The van der Waals surface area contributed by atoms with E-state index in [0.717, 1.165) is 25.5 Å². The van der Waals surface area contributed by atoms with E-state index in [0.29, 0.717) is 0 Å². The molecule has 0 radical (unpaired) electrons. The molecule has 0 unspecified atom stereocenters. The summed E-state index contributed by atoms with van der Waals surface area (Å²) >= 11 is 0. The number of hydrogen-bond donors (Lipinski definition) is 1. The summed E-state index contributed by atoms with van der Waals surface area (Å²) in [5.74, 6) is 0.820. The Kier molecular flexibility index (Phi) is 2.49. The number of benzene rings is 1. The van der Waals surface area contributed by atoms with Crippen molar-refractivity contribution in [1.82, 2.24) is 15.0 Å². The Labute approximate surface area is 117 Å². The molecule has 0 spiro atoms. The van der Waals surface area contributed by atoms with Crippen molar-refractivity contribution in [3.05, 3.63) is 53.5 Å². The molecule has 4 rings (SSSR count). The summed E-state index contributed by atoms with van der Waals surface area (Å²) in [7, 11) is 0. The minimum absolute atomic E-state index is 0.820. The fourth-order valence-corrected chi connectivity index (χ4v) is 2.95. The van der Waals surface area contributed by atoms with Gasteiger partial charge in [-0.25, -0.2) is 9.97 Å². The maximum absolute atomic E-state index is 4.36. The number of aryl methyl sites for hydroxylation is 1. The normalized spacial score (nSPS) is 14.6. The van der Waals surface area contributed by atoms with Crippen LogP contribution >= 0.6 is 0 Å². The molecule has 3 aromatic rings. The van der Waals surface area contributed by atoms with Gasteiger partial charge in [0.15, 0.2) is 0 Å². The number of fused-ring (bicyclic) bond motifs is 3. The van der Waals surface area contributed by atoms with E-state index >= 15 is 0 Å². The van der Waals surface area contributed by atoms with Gasteiger partial charge in [0.1, 0.15) is 0 Å². The largest absolute Gasteiger partial charge is 0.358 e. The van der Waals surface area contributed by atoms with Crippen molar-refractivity contribution in [3.8, 4) is 0 Å². The predicted octanol–water partition coefficient (Wildman–Crippen LogP) is 2.83. The summed E-state index contributed by atoms with van der Waals surface area (Å²) < 4.78 is 0. The van der Waals surface area contributed by atoms with E-state index in [2.05, 4.69) is 45.0 Å². The number of hydrogen-bond acceptors (Lipinski definition) is 3. The first kappa shape index (κ1) is 11.5. The highest BCUT2D eigenvalue weighted by Gasteiger charge is 2.22. The van der Waals surface area contributed by atoms with Crippen LogP contribution in [0.5, 0.6) is 0 Å². The standard InChI is InChI=1S/C16H16N4/c1-11-3-4-14-12(9-11)13-10-20(8-5-15(13)19-14)16-17-6-2-7-18-16/h2-4,6-7,9,19H,5,8,10H2,1H3. The van der Waals surface area contributed by atoms with Gasteiger partial charge in [-0.2, -0.15) is 0 Å². The highest BCUT2D eigenvalue weighted by molar-refractivity contribution is 5.86. The van der Waals surface area contributed by atoms with Crippen molar-refractivity contribution >= 4 is 16.9 Å². The highest BCUT2D eigenvalue weighted by Crippen LogP contribution is 2.29. The molecular weight excluding hydrogens is 248 g/mol. The first-order valence-corrected chi connectivity index (χ1v) is 6.93. The maximum atomic E-state index is 4.36. The number of rotatable bonds is 1. The minimum Gasteiger partial charge on any atom is -0.358 e. The zero-order chi connectivity index (χ0) is 13.5. The lowest BCUT2D eigenvalue weighted by atomic mass is 10.0. The van der Waals surface area contributed by atoms with Crippen LogP contribution in [-0.4, -0.2) is 21.5 Å². The third-order valence-corrected chi connectivity index (χ3v) is 3.97. The van der Waals surface area contributed by atoms with Crippen LogP contribution in [0.1, 0.15) is 16.8 Å². The van der Waals surface area contributed by atoms with E-state index in [4.69, 9.17) is 0 Å². The molecule has 0 saturated heterocycles. The summed E-state index contributed by atoms with van der Waals surface area (Å²) in [6.45, 7) is 3.98. The second-order valence-electron chi connectivity index (χ2n) is 5.35. The van der Waals surface area contributed by atoms with Gasteiger partial charge in [0.2, 0.25) is 5.95 Å². The second-order valence-corrected chi connectivity index (χ2v) is 5.35. The zero-order valence-corrected chi connectivity index (χ0v) is 11.4. The summed E-state index contributed by atoms with van der Waals surface area (Å²) in [5.41, 5.74) is 5.28. The average molecular weight is 264 g/mol. The molecule has 0 atom stereocenters. The molecule has 2 aromatic heterocycles. The van der Waals surface area contributed by atoms with Crippen molar-refractivity contribution in [2.75, 3.05) is 11.4 Å². The summed E-state index contributed by atoms with van der Waals surface area (Å²) in [6, 6.07) is 8.45. The molecule has 3 heterocycles. The third-order valence-electron chi connectivity index (χ3n) is 3.97. The number of aromatic nitrogens is 3. The molecule has 0 fully saturated rings. The molecule has 0 aliphatic carbocycles. The van der Waals surface area contributed by atoms with E-state index in [9.17, 15) is 0 Å². The van der Waals surface area contributed by atoms with E-state index < -0.39 is 0 Å².